The van der Waals surface area contributed by atoms with E-state index >= 15 is 0 Å². The second kappa shape index (κ2) is 7.49. The third-order valence-electron chi connectivity index (χ3n) is 2.48. The maximum atomic E-state index is 5.62. The molecule has 0 saturated carbocycles. The zero-order valence-electron chi connectivity index (χ0n) is 11.8. The fraction of sp³-hybridized carbons (Fsp3) is 0.429. The number of hydrogen-bond acceptors (Lipinski definition) is 6. The molecule has 0 radical (unpaired) electrons. The minimum atomic E-state index is 0.337. The first-order valence-corrected chi connectivity index (χ1v) is 6.66. The third-order valence-corrected chi connectivity index (χ3v) is 2.48. The van der Waals surface area contributed by atoms with E-state index < -0.39 is 0 Å². The average Bonchev–Trinajstić information content (AvgIpc) is 2.96. The molecule has 0 aliphatic rings. The molecule has 2 rings (SSSR count). The van der Waals surface area contributed by atoms with Gasteiger partial charge in [-0.05, 0) is 26.0 Å². The summed E-state index contributed by atoms with van der Waals surface area (Å²) in [5.74, 6) is 2.58. The van der Waals surface area contributed by atoms with Crippen molar-refractivity contribution in [2.45, 2.75) is 27.1 Å². The van der Waals surface area contributed by atoms with Crippen LogP contribution in [0.15, 0.2) is 28.9 Å². The van der Waals surface area contributed by atoms with Crippen molar-refractivity contribution in [3.63, 3.8) is 0 Å². The van der Waals surface area contributed by atoms with Gasteiger partial charge in [0.05, 0.1) is 6.26 Å². The number of anilines is 1. The van der Waals surface area contributed by atoms with Crippen molar-refractivity contribution < 1.29 is 13.9 Å². The molecule has 0 bridgehead atoms. The molecule has 0 amide bonds. The zero-order valence-corrected chi connectivity index (χ0v) is 11.8. The molecule has 0 aliphatic carbocycles. The summed E-state index contributed by atoms with van der Waals surface area (Å²) < 4.78 is 16.2. The number of hydrogen-bond donors (Lipinski definition) is 1. The van der Waals surface area contributed by atoms with E-state index in [-0.39, 0.29) is 0 Å². The Hall–Kier alpha value is -2.08. The van der Waals surface area contributed by atoms with E-state index in [9.17, 15) is 0 Å². The van der Waals surface area contributed by atoms with Crippen LogP contribution in [0.2, 0.25) is 0 Å². The molecule has 2 aromatic rings. The van der Waals surface area contributed by atoms with E-state index in [0.717, 1.165) is 18.1 Å². The maximum absolute atomic E-state index is 5.62. The van der Waals surface area contributed by atoms with Crippen LogP contribution in [0.4, 0.5) is 5.82 Å². The molecule has 0 spiro atoms. The summed E-state index contributed by atoms with van der Waals surface area (Å²) in [7, 11) is 0. The van der Waals surface area contributed by atoms with E-state index in [4.69, 9.17) is 13.9 Å². The molecule has 0 aromatic carbocycles. The van der Waals surface area contributed by atoms with Crippen molar-refractivity contribution in [3.8, 4) is 5.88 Å². The predicted octanol–water partition coefficient (Wildman–Crippen LogP) is 2.62. The molecule has 108 valence electrons. The summed E-state index contributed by atoms with van der Waals surface area (Å²) >= 11 is 0. The summed E-state index contributed by atoms with van der Waals surface area (Å²) in [6.07, 6.45) is 1.61. The molecule has 1 N–H and O–H groups in total. The van der Waals surface area contributed by atoms with Crippen LogP contribution in [-0.4, -0.2) is 23.1 Å². The molecule has 0 fully saturated rings. The van der Waals surface area contributed by atoms with Crippen LogP contribution in [-0.2, 0) is 18.0 Å². The molecular formula is C14H19N3O3. The Morgan fingerprint density at radius 3 is 2.85 bits per heavy atom. The zero-order chi connectivity index (χ0) is 14.2. The van der Waals surface area contributed by atoms with Gasteiger partial charge < -0.3 is 19.2 Å². The smallest absolute Gasteiger partial charge is 0.219 e. The average molecular weight is 277 g/mol. The first-order chi connectivity index (χ1) is 9.81. The molecule has 0 aliphatic heterocycles. The van der Waals surface area contributed by atoms with Gasteiger partial charge in [-0.15, -0.1) is 0 Å². The Bertz CT molecular complexity index is 514. The number of rotatable bonds is 8. The Labute approximate surface area is 118 Å². The van der Waals surface area contributed by atoms with Gasteiger partial charge in [0, 0.05) is 19.2 Å². The van der Waals surface area contributed by atoms with Crippen molar-refractivity contribution in [3.05, 3.63) is 36.0 Å². The van der Waals surface area contributed by atoms with Crippen LogP contribution in [0.5, 0.6) is 5.88 Å². The summed E-state index contributed by atoms with van der Waals surface area (Å²) in [4.78, 5) is 8.67. The minimum absolute atomic E-state index is 0.337. The van der Waals surface area contributed by atoms with Crippen LogP contribution >= 0.6 is 0 Å². The molecule has 2 aromatic heterocycles. The molecule has 6 heteroatoms. The van der Waals surface area contributed by atoms with E-state index in [0.29, 0.717) is 31.5 Å². The van der Waals surface area contributed by atoms with Crippen LogP contribution in [0, 0.1) is 0 Å². The number of nitrogens with one attached hydrogen (secondary N) is 1. The lowest BCUT2D eigenvalue weighted by molar-refractivity contribution is 0.127. The fourth-order valence-corrected chi connectivity index (χ4v) is 1.62. The van der Waals surface area contributed by atoms with Crippen LogP contribution in [0.25, 0.3) is 0 Å². The number of nitrogens with zero attached hydrogens (tertiary/aromatic N) is 2. The van der Waals surface area contributed by atoms with Crippen molar-refractivity contribution in [2.24, 2.45) is 0 Å². The third kappa shape index (κ3) is 4.24. The topological polar surface area (TPSA) is 69.4 Å². The van der Waals surface area contributed by atoms with E-state index in [1.807, 2.05) is 26.0 Å². The Balaban J connectivity index is 2.06. The second-order valence-electron chi connectivity index (χ2n) is 4.04. The van der Waals surface area contributed by atoms with E-state index in [1.54, 1.807) is 12.3 Å². The molecule has 2 heterocycles. The van der Waals surface area contributed by atoms with Crippen molar-refractivity contribution in [2.75, 3.05) is 18.5 Å². The summed E-state index contributed by atoms with van der Waals surface area (Å²) in [5.41, 5.74) is 0. The quantitative estimate of drug-likeness (QED) is 0.800. The molecule has 0 atom stereocenters. The highest BCUT2D eigenvalue weighted by Gasteiger charge is 2.06. The van der Waals surface area contributed by atoms with E-state index in [1.165, 1.54) is 0 Å². The van der Waals surface area contributed by atoms with Gasteiger partial charge in [-0.2, -0.15) is 4.98 Å². The molecule has 20 heavy (non-hydrogen) atoms. The van der Waals surface area contributed by atoms with Gasteiger partial charge in [0.1, 0.15) is 24.8 Å². The van der Waals surface area contributed by atoms with Gasteiger partial charge in [-0.1, -0.05) is 0 Å². The highest BCUT2D eigenvalue weighted by Crippen LogP contribution is 2.16. The number of ether oxygens (including phenoxy) is 2. The van der Waals surface area contributed by atoms with Crippen LogP contribution < -0.4 is 10.1 Å². The fourth-order valence-electron chi connectivity index (χ4n) is 1.62. The van der Waals surface area contributed by atoms with Gasteiger partial charge in [-0.25, -0.2) is 4.98 Å². The van der Waals surface area contributed by atoms with Gasteiger partial charge in [0.15, 0.2) is 5.82 Å². The van der Waals surface area contributed by atoms with Crippen molar-refractivity contribution >= 4 is 5.82 Å². The Morgan fingerprint density at radius 1 is 1.25 bits per heavy atom. The lowest BCUT2D eigenvalue weighted by atomic mass is 10.4. The maximum Gasteiger partial charge on any atom is 0.219 e. The monoisotopic (exact) mass is 277 g/mol. The van der Waals surface area contributed by atoms with Crippen molar-refractivity contribution in [1.29, 1.82) is 0 Å². The largest absolute Gasteiger partial charge is 0.469 e. The standard InChI is InChI=1S/C14H19N3O3/c1-3-15-12-8-14(17-13(16-12)10-18-4-2)20-9-11-6-5-7-19-11/h5-8H,3-4,9-10H2,1-2H3,(H,15,16,17). The molecule has 0 unspecified atom stereocenters. The molecule has 0 saturated heterocycles. The lowest BCUT2D eigenvalue weighted by Gasteiger charge is -2.09. The number of furan rings is 1. The van der Waals surface area contributed by atoms with Gasteiger partial charge in [-0.3, -0.25) is 0 Å². The van der Waals surface area contributed by atoms with Gasteiger partial charge in [0.25, 0.3) is 0 Å². The molecule has 6 nitrogen and oxygen atoms in total. The van der Waals surface area contributed by atoms with Crippen molar-refractivity contribution in [1.82, 2.24) is 9.97 Å². The normalized spacial score (nSPS) is 10.5. The van der Waals surface area contributed by atoms with E-state index in [2.05, 4.69) is 15.3 Å². The summed E-state index contributed by atoms with van der Waals surface area (Å²) in [6.45, 7) is 6.05. The van der Waals surface area contributed by atoms with Crippen LogP contribution in [0.1, 0.15) is 25.4 Å². The summed E-state index contributed by atoms with van der Waals surface area (Å²) in [6, 6.07) is 5.44. The van der Waals surface area contributed by atoms with Crippen LogP contribution in [0.3, 0.4) is 0 Å². The SMILES string of the molecule is CCNc1cc(OCc2ccco2)nc(COCC)n1. The minimum Gasteiger partial charge on any atom is -0.469 e. The highest BCUT2D eigenvalue weighted by atomic mass is 16.5. The number of aromatic nitrogens is 2. The Kier molecular flexibility index (Phi) is 5.37. The molecular weight excluding hydrogens is 258 g/mol. The first kappa shape index (κ1) is 14.3. The lowest BCUT2D eigenvalue weighted by Crippen LogP contribution is -2.07. The van der Waals surface area contributed by atoms with Gasteiger partial charge >= 0.3 is 0 Å². The Morgan fingerprint density at radius 2 is 2.15 bits per heavy atom. The predicted molar refractivity (Wildman–Crippen MR) is 74.6 cm³/mol. The highest BCUT2D eigenvalue weighted by molar-refractivity contribution is 5.38. The first-order valence-electron chi connectivity index (χ1n) is 6.66. The second-order valence-corrected chi connectivity index (χ2v) is 4.04. The summed E-state index contributed by atoms with van der Waals surface area (Å²) in [5, 5.41) is 3.15. The van der Waals surface area contributed by atoms with Gasteiger partial charge in [0.2, 0.25) is 5.88 Å².